The summed E-state index contributed by atoms with van der Waals surface area (Å²) in [5.41, 5.74) is -12.5. The quantitative estimate of drug-likeness (QED) is 0.199. The topological polar surface area (TPSA) is 211 Å². The first kappa shape index (κ1) is 38.5. The zero-order chi connectivity index (χ0) is 41.1. The first-order valence-electron chi connectivity index (χ1n) is 19.4. The summed E-state index contributed by atoms with van der Waals surface area (Å²) in [7, 11) is 1.22. The molecular weight excluding hydrogens is 752 g/mol. The van der Waals surface area contributed by atoms with E-state index in [1.54, 1.807) is 26.8 Å². The van der Waals surface area contributed by atoms with E-state index in [2.05, 4.69) is 0 Å². The minimum Gasteiger partial charge on any atom is -0.472 e. The lowest BCUT2D eigenvalue weighted by Crippen LogP contribution is -2.95. The van der Waals surface area contributed by atoms with Gasteiger partial charge in [0.15, 0.2) is 17.8 Å². The lowest BCUT2D eigenvalue weighted by Gasteiger charge is -2.77. The van der Waals surface area contributed by atoms with Crippen LogP contribution < -0.4 is 0 Å². The molecule has 17 nitrogen and oxygen atoms in total. The van der Waals surface area contributed by atoms with Gasteiger partial charge in [0.2, 0.25) is 5.60 Å². The Morgan fingerprint density at radius 2 is 1.61 bits per heavy atom. The van der Waals surface area contributed by atoms with Gasteiger partial charge in [0.25, 0.3) is 5.97 Å². The fourth-order valence-electron chi connectivity index (χ4n) is 13.6. The molecule has 4 aliphatic heterocycles. The second-order valence-electron chi connectivity index (χ2n) is 18.1. The Hall–Kier alpha value is -4.06. The summed E-state index contributed by atoms with van der Waals surface area (Å²) in [6.45, 7) is 11.8. The lowest BCUT2D eigenvalue weighted by molar-refractivity contribution is -0.485. The van der Waals surface area contributed by atoms with Crippen molar-refractivity contribution < 1.29 is 80.6 Å². The van der Waals surface area contributed by atoms with Gasteiger partial charge in [-0.2, -0.15) is 0 Å². The second kappa shape index (κ2) is 11.4. The molecule has 8 fully saturated rings. The van der Waals surface area contributed by atoms with Crippen LogP contribution in [0, 0.1) is 28.1 Å². The van der Waals surface area contributed by atoms with Crippen molar-refractivity contribution in [2.45, 2.75) is 146 Å². The van der Waals surface area contributed by atoms with Gasteiger partial charge in [0.1, 0.15) is 29.5 Å². The van der Waals surface area contributed by atoms with Gasteiger partial charge in [-0.25, -0.2) is 4.79 Å². The molecule has 4 bridgehead atoms. The van der Waals surface area contributed by atoms with Crippen LogP contribution >= 0.6 is 0 Å². The van der Waals surface area contributed by atoms with E-state index in [1.807, 2.05) is 13.8 Å². The summed E-state index contributed by atoms with van der Waals surface area (Å²) in [5.74, 6) is -8.18. The number of hydrogen-bond acceptors (Lipinski definition) is 17. The van der Waals surface area contributed by atoms with Crippen molar-refractivity contribution in [2.75, 3.05) is 13.7 Å². The smallest absolute Gasteiger partial charge is 0.341 e. The summed E-state index contributed by atoms with van der Waals surface area (Å²) in [5, 5.41) is 0. The highest BCUT2D eigenvalue weighted by Gasteiger charge is 3.06. The molecule has 310 valence electrons. The van der Waals surface area contributed by atoms with Crippen molar-refractivity contribution in [1.82, 2.24) is 0 Å². The fourth-order valence-corrected chi connectivity index (χ4v) is 13.6. The van der Waals surface area contributed by atoms with E-state index < -0.39 is 129 Å². The van der Waals surface area contributed by atoms with E-state index in [9.17, 15) is 28.8 Å². The summed E-state index contributed by atoms with van der Waals surface area (Å²) >= 11 is 0. The molecule has 4 aliphatic carbocycles. The van der Waals surface area contributed by atoms with Crippen molar-refractivity contribution >= 4 is 35.8 Å². The van der Waals surface area contributed by atoms with Crippen molar-refractivity contribution in [3.05, 3.63) is 24.2 Å². The van der Waals surface area contributed by atoms with Crippen LogP contribution in [0.3, 0.4) is 0 Å². The highest BCUT2D eigenvalue weighted by atomic mass is 16.9. The predicted octanol–water partition coefficient (Wildman–Crippen LogP) is 3.14. The number of esters is 6. The van der Waals surface area contributed by atoms with Gasteiger partial charge < -0.3 is 51.8 Å². The van der Waals surface area contributed by atoms with Crippen molar-refractivity contribution in [3.63, 3.8) is 0 Å². The molecule has 9 rings (SSSR count). The molecule has 15 atom stereocenters. The zero-order valence-electron chi connectivity index (χ0n) is 33.4. The Balaban J connectivity index is 1.40. The molecule has 3 spiro atoms. The molecule has 17 heteroatoms. The molecule has 0 aromatic carbocycles. The Bertz CT molecular complexity index is 2000. The maximum atomic E-state index is 14.3. The average Bonchev–Trinajstić information content (AvgIpc) is 3.47. The molecule has 8 aliphatic rings. The van der Waals surface area contributed by atoms with Crippen molar-refractivity contribution in [3.8, 4) is 0 Å². The number of rotatable bonds is 9. The summed E-state index contributed by atoms with van der Waals surface area (Å²) in [4.78, 5) is 82.4. The number of furan rings is 1. The van der Waals surface area contributed by atoms with Gasteiger partial charge in [0.05, 0.1) is 37.6 Å². The Morgan fingerprint density at radius 3 is 2.21 bits per heavy atom. The van der Waals surface area contributed by atoms with Gasteiger partial charge >= 0.3 is 35.8 Å². The van der Waals surface area contributed by atoms with Crippen LogP contribution in [0.25, 0.3) is 0 Å². The minimum absolute atomic E-state index is 0.0294. The number of cyclic esters (lactones) is 1. The SMILES string of the molecule is COC(=O)CC1C(C)(C(OC(C)=O)c2ccoc2)CCC23OC4(C)OC12C(OC(C)=O)C1(OC(C)=O)C(OC(=O)C2(C)OC2C)C2(C)CC1(O4)C31COC(=O)CC21. The van der Waals surface area contributed by atoms with Crippen LogP contribution in [-0.4, -0.2) is 102 Å². The zero-order valence-corrected chi connectivity index (χ0v) is 33.4. The van der Waals surface area contributed by atoms with Gasteiger partial charge in [-0.05, 0) is 45.1 Å². The highest BCUT2D eigenvalue weighted by Crippen LogP contribution is 2.90. The van der Waals surface area contributed by atoms with Crippen LogP contribution in [0.1, 0.15) is 99.2 Å². The van der Waals surface area contributed by atoms with Crippen molar-refractivity contribution in [2.24, 2.45) is 28.1 Å². The second-order valence-corrected chi connectivity index (χ2v) is 18.1. The number of fused-ring (bicyclic) bond motifs is 3. The molecule has 0 radical (unpaired) electrons. The molecule has 4 saturated heterocycles. The van der Waals surface area contributed by atoms with E-state index in [1.165, 1.54) is 40.4 Å². The molecule has 0 amide bonds. The number of ether oxygens (including phenoxy) is 10. The molecule has 1 aromatic rings. The number of carbonyl (C=O) groups excluding carboxylic acids is 6. The van der Waals surface area contributed by atoms with E-state index in [0.717, 1.165) is 0 Å². The fraction of sp³-hybridized carbons (Fsp3) is 0.750. The van der Waals surface area contributed by atoms with Crippen LogP contribution in [0.4, 0.5) is 0 Å². The third-order valence-corrected chi connectivity index (χ3v) is 15.4. The van der Waals surface area contributed by atoms with E-state index in [4.69, 9.17) is 51.8 Å². The Labute approximate surface area is 327 Å². The maximum Gasteiger partial charge on any atom is 0.341 e. The maximum absolute atomic E-state index is 14.3. The Kier molecular flexibility index (Phi) is 7.66. The number of hydrogen-bond donors (Lipinski definition) is 0. The lowest BCUT2D eigenvalue weighted by atomic mass is 9.33. The van der Waals surface area contributed by atoms with Crippen LogP contribution in [0.15, 0.2) is 23.0 Å². The third-order valence-electron chi connectivity index (χ3n) is 15.4. The molecule has 4 saturated carbocycles. The first-order chi connectivity index (χ1) is 26.6. The summed E-state index contributed by atoms with van der Waals surface area (Å²) < 4.78 is 70.2. The largest absolute Gasteiger partial charge is 0.472 e. The third kappa shape index (κ3) is 4.18. The van der Waals surface area contributed by atoms with Gasteiger partial charge in [-0.15, -0.1) is 0 Å². The number of epoxide rings is 1. The minimum atomic E-state index is -2.23. The van der Waals surface area contributed by atoms with Crippen LogP contribution in [0.5, 0.6) is 0 Å². The number of carbonyl (C=O) groups is 6. The average molecular weight is 801 g/mol. The standard InChI is InChI=1S/C40H48O17/c1-19-34(7,53-19)31(46)52-29-33(6)17-38-36(18-49-27(45)14-24(33)36)37-12-11-32(5,28(50-20(2)41)23-10-13-48-16-23)25(15-26(44)47-9)39(37,57-35(8,55-37)56-38)30(51-21(3)42)40(29,38)54-22(4)43/h10,13,16,19,24-25,28-30H,11-12,14-15,17-18H2,1-9H3. The normalized spacial score (nSPS) is 49.5. The molecule has 57 heavy (non-hydrogen) atoms. The first-order valence-corrected chi connectivity index (χ1v) is 19.4. The molecule has 0 N–H and O–H groups in total. The van der Waals surface area contributed by atoms with Crippen molar-refractivity contribution in [1.29, 1.82) is 0 Å². The van der Waals surface area contributed by atoms with Gasteiger partial charge in [-0.1, -0.05) is 13.8 Å². The molecule has 1 aromatic heterocycles. The van der Waals surface area contributed by atoms with Gasteiger partial charge in [0, 0.05) is 56.4 Å². The predicted molar refractivity (Wildman–Crippen MR) is 184 cm³/mol. The van der Waals surface area contributed by atoms with E-state index in [0.29, 0.717) is 5.56 Å². The van der Waals surface area contributed by atoms with E-state index in [-0.39, 0.29) is 32.3 Å². The monoisotopic (exact) mass is 800 g/mol. The molecular formula is C40H48O17. The Morgan fingerprint density at radius 1 is 0.912 bits per heavy atom. The molecule has 15 unspecified atom stereocenters. The summed E-state index contributed by atoms with van der Waals surface area (Å²) in [6.07, 6.45) is -2.21. The van der Waals surface area contributed by atoms with Crippen LogP contribution in [0.2, 0.25) is 0 Å². The molecule has 5 heterocycles. The number of methoxy groups -OCH3 is 1. The van der Waals surface area contributed by atoms with Gasteiger partial charge in [-0.3, -0.25) is 24.0 Å². The van der Waals surface area contributed by atoms with Crippen LogP contribution in [-0.2, 0) is 76.1 Å². The van der Waals surface area contributed by atoms with E-state index >= 15 is 0 Å². The summed E-state index contributed by atoms with van der Waals surface area (Å²) in [6, 6.07) is 1.64. The highest BCUT2D eigenvalue weighted by molar-refractivity contribution is 5.83.